The van der Waals surface area contributed by atoms with Gasteiger partial charge in [-0.15, -0.1) is 0 Å². The van der Waals surface area contributed by atoms with Crippen molar-refractivity contribution in [2.24, 2.45) is 0 Å². The summed E-state index contributed by atoms with van der Waals surface area (Å²) >= 11 is 0. The highest BCUT2D eigenvalue weighted by Gasteiger charge is 1.98. The van der Waals surface area contributed by atoms with E-state index < -0.39 is 0 Å². The second-order valence-electron chi connectivity index (χ2n) is 15.1. The molecule has 0 saturated carbocycles. The van der Waals surface area contributed by atoms with Crippen LogP contribution in [0.25, 0.3) is 0 Å². The quantitative estimate of drug-likeness (QED) is 0.0466. The molecule has 0 amide bonds. The molecule has 0 aliphatic carbocycles. The summed E-state index contributed by atoms with van der Waals surface area (Å²) in [6.07, 6.45) is 65.0. The maximum atomic E-state index is 2.37. The van der Waals surface area contributed by atoms with Crippen LogP contribution in [0.2, 0.25) is 0 Å². The van der Waals surface area contributed by atoms with Gasteiger partial charge in [-0.25, -0.2) is 0 Å². The zero-order valence-corrected chi connectivity index (χ0v) is 32.1. The summed E-state index contributed by atoms with van der Waals surface area (Å²) < 4.78 is 0. The van der Waals surface area contributed by atoms with E-state index >= 15 is 0 Å². The van der Waals surface area contributed by atoms with E-state index in [-0.39, 0.29) is 0 Å². The van der Waals surface area contributed by atoms with Crippen molar-refractivity contribution in [1.82, 2.24) is 0 Å². The predicted octanol–water partition coefficient (Wildman–Crippen LogP) is 17.6. The van der Waals surface area contributed by atoms with Crippen LogP contribution in [0.5, 0.6) is 0 Å². The molecule has 270 valence electrons. The minimum absolute atomic E-state index is 1.19. The van der Waals surface area contributed by atoms with Gasteiger partial charge >= 0.3 is 0 Å². The highest BCUT2D eigenvalue weighted by atomic mass is 14.0. The van der Waals surface area contributed by atoms with Crippen molar-refractivity contribution in [3.05, 3.63) is 12.2 Å². The van der Waals surface area contributed by atoms with E-state index in [1.54, 1.807) is 0 Å². The van der Waals surface area contributed by atoms with E-state index in [9.17, 15) is 0 Å². The molecule has 0 aliphatic heterocycles. The van der Waals surface area contributed by atoms with Gasteiger partial charge in [0.05, 0.1) is 0 Å². The van der Waals surface area contributed by atoms with Crippen LogP contribution in [-0.4, -0.2) is 0 Å². The topological polar surface area (TPSA) is 0 Å². The molecule has 0 heteroatoms. The van der Waals surface area contributed by atoms with E-state index in [2.05, 4.69) is 26.0 Å². The lowest BCUT2D eigenvalue weighted by Crippen LogP contribution is -1.85. The predicted molar refractivity (Wildman–Crippen MR) is 210 cm³/mol. The SMILES string of the molecule is CCC=CCCCCCCCCCCCCCCCCCCCCCCCCCCCCCCCCCCCCCCCCC. The minimum atomic E-state index is 1.19. The first kappa shape index (κ1) is 44.7. The van der Waals surface area contributed by atoms with Crippen LogP contribution < -0.4 is 0 Å². The second kappa shape index (κ2) is 43.7. The van der Waals surface area contributed by atoms with Crippen LogP contribution >= 0.6 is 0 Å². The highest BCUT2D eigenvalue weighted by Crippen LogP contribution is 2.17. The maximum absolute atomic E-state index is 2.37. The summed E-state index contributed by atoms with van der Waals surface area (Å²) in [6.45, 7) is 4.54. The van der Waals surface area contributed by atoms with E-state index in [1.807, 2.05) is 0 Å². The fraction of sp³-hybridized carbons (Fsp3) is 0.956. The monoisotopic (exact) mass is 631 g/mol. The van der Waals surface area contributed by atoms with Gasteiger partial charge in [0.25, 0.3) is 0 Å². The number of hydrogen-bond acceptors (Lipinski definition) is 0. The first-order valence-electron chi connectivity index (χ1n) is 22.1. The third-order valence-electron chi connectivity index (χ3n) is 10.4. The van der Waals surface area contributed by atoms with Gasteiger partial charge < -0.3 is 0 Å². The van der Waals surface area contributed by atoms with Crippen molar-refractivity contribution < 1.29 is 0 Å². The number of rotatable bonds is 41. The summed E-state index contributed by atoms with van der Waals surface area (Å²) in [5, 5.41) is 0. The van der Waals surface area contributed by atoms with Gasteiger partial charge in [0.1, 0.15) is 0 Å². The molecule has 45 heavy (non-hydrogen) atoms. The molecule has 0 bridgehead atoms. The first-order chi connectivity index (χ1) is 22.4. The van der Waals surface area contributed by atoms with Crippen molar-refractivity contribution in [3.8, 4) is 0 Å². The third-order valence-corrected chi connectivity index (χ3v) is 10.4. The summed E-state index contributed by atoms with van der Waals surface area (Å²) in [6, 6.07) is 0. The minimum Gasteiger partial charge on any atom is -0.0888 e. The van der Waals surface area contributed by atoms with Crippen LogP contribution in [0, 0.1) is 0 Å². The summed E-state index contributed by atoms with van der Waals surface area (Å²) in [4.78, 5) is 0. The molecule has 0 aliphatic rings. The first-order valence-corrected chi connectivity index (χ1v) is 22.1. The van der Waals surface area contributed by atoms with Gasteiger partial charge in [-0.05, 0) is 19.3 Å². The summed E-state index contributed by atoms with van der Waals surface area (Å²) in [5.41, 5.74) is 0. The average molecular weight is 631 g/mol. The summed E-state index contributed by atoms with van der Waals surface area (Å²) in [7, 11) is 0. The lowest BCUT2D eigenvalue weighted by atomic mass is 10.0. The molecule has 0 rings (SSSR count). The van der Waals surface area contributed by atoms with Gasteiger partial charge in [0.15, 0.2) is 0 Å². The molecular weight excluding hydrogens is 540 g/mol. The van der Waals surface area contributed by atoms with Gasteiger partial charge in [-0.3, -0.25) is 0 Å². The molecule has 0 atom stereocenters. The Hall–Kier alpha value is -0.260. The Kier molecular flexibility index (Phi) is 43.5. The fourth-order valence-electron chi connectivity index (χ4n) is 7.16. The van der Waals surface area contributed by atoms with E-state index in [0.717, 1.165) is 0 Å². The Labute approximate surface area is 288 Å². The van der Waals surface area contributed by atoms with Gasteiger partial charge in [0, 0.05) is 0 Å². The maximum Gasteiger partial charge on any atom is -0.0351 e. The van der Waals surface area contributed by atoms with Crippen LogP contribution in [-0.2, 0) is 0 Å². The van der Waals surface area contributed by atoms with E-state index in [0.29, 0.717) is 0 Å². The largest absolute Gasteiger partial charge is 0.0888 e. The van der Waals surface area contributed by atoms with Gasteiger partial charge in [-0.1, -0.05) is 270 Å². The van der Waals surface area contributed by atoms with Crippen LogP contribution in [0.3, 0.4) is 0 Å². The molecule has 0 saturated heterocycles. The molecule has 0 spiro atoms. The molecule has 0 nitrogen and oxygen atoms in total. The second-order valence-corrected chi connectivity index (χ2v) is 15.1. The third kappa shape index (κ3) is 43.7. The van der Waals surface area contributed by atoms with Crippen LogP contribution in [0.1, 0.15) is 277 Å². The van der Waals surface area contributed by atoms with Crippen molar-refractivity contribution in [2.75, 3.05) is 0 Å². The zero-order valence-electron chi connectivity index (χ0n) is 32.1. The Morgan fingerprint density at radius 2 is 0.378 bits per heavy atom. The van der Waals surface area contributed by atoms with Crippen LogP contribution in [0.15, 0.2) is 12.2 Å². The molecule has 0 unspecified atom stereocenters. The molecular formula is C45H90. The Morgan fingerprint density at radius 3 is 0.556 bits per heavy atom. The Bertz CT molecular complexity index is 504. The number of hydrogen-bond donors (Lipinski definition) is 0. The molecule has 0 N–H and O–H groups in total. The number of unbranched alkanes of at least 4 members (excludes halogenated alkanes) is 39. The summed E-state index contributed by atoms with van der Waals surface area (Å²) in [5.74, 6) is 0. The standard InChI is InChI=1S/C45H90/c1-3-5-7-9-11-13-15-17-19-21-23-25-27-29-31-33-35-37-39-41-43-45-44-42-40-38-36-34-32-30-28-26-24-22-20-18-16-14-12-10-8-6-4-2/h5,7H,3-4,6,8-45H2,1-2H3. The normalized spacial score (nSPS) is 11.8. The van der Waals surface area contributed by atoms with Crippen LogP contribution in [0.4, 0.5) is 0 Å². The van der Waals surface area contributed by atoms with Crippen molar-refractivity contribution in [2.45, 2.75) is 277 Å². The van der Waals surface area contributed by atoms with Crippen molar-refractivity contribution in [1.29, 1.82) is 0 Å². The molecule has 0 radical (unpaired) electrons. The van der Waals surface area contributed by atoms with Crippen molar-refractivity contribution >= 4 is 0 Å². The average Bonchev–Trinajstić information content (AvgIpc) is 3.05. The fourth-order valence-corrected chi connectivity index (χ4v) is 7.16. The van der Waals surface area contributed by atoms with E-state index in [4.69, 9.17) is 0 Å². The van der Waals surface area contributed by atoms with Crippen molar-refractivity contribution in [3.63, 3.8) is 0 Å². The molecule has 0 fully saturated rings. The lowest BCUT2D eigenvalue weighted by molar-refractivity contribution is 0.509. The molecule has 0 aromatic carbocycles. The Morgan fingerprint density at radius 1 is 0.200 bits per heavy atom. The number of allylic oxidation sites excluding steroid dienone is 2. The van der Waals surface area contributed by atoms with Gasteiger partial charge in [0.2, 0.25) is 0 Å². The van der Waals surface area contributed by atoms with E-state index in [1.165, 1.54) is 263 Å². The smallest absolute Gasteiger partial charge is 0.0351 e. The zero-order chi connectivity index (χ0) is 32.4. The molecule has 0 aromatic rings. The Balaban J connectivity index is 3.04. The molecule has 0 heterocycles. The highest BCUT2D eigenvalue weighted by molar-refractivity contribution is 4.79. The van der Waals surface area contributed by atoms with Gasteiger partial charge in [-0.2, -0.15) is 0 Å². The lowest BCUT2D eigenvalue weighted by Gasteiger charge is -2.05. The molecule has 0 aromatic heterocycles.